The predicted octanol–water partition coefficient (Wildman–Crippen LogP) is 3.71. The van der Waals surface area contributed by atoms with Gasteiger partial charge in [0, 0.05) is 37.5 Å². The molecule has 0 aromatic heterocycles. The summed E-state index contributed by atoms with van der Waals surface area (Å²) in [4.78, 5) is 2.19. The van der Waals surface area contributed by atoms with Crippen molar-refractivity contribution in [2.75, 3.05) is 30.0 Å². The lowest BCUT2D eigenvalue weighted by Gasteiger charge is -2.21. The summed E-state index contributed by atoms with van der Waals surface area (Å²) in [7, 11) is 1.88. The summed E-state index contributed by atoms with van der Waals surface area (Å²) in [5.74, 6) is 0.245. The number of rotatable bonds is 6. The molecule has 0 saturated heterocycles. The molecule has 116 valence electrons. The van der Waals surface area contributed by atoms with E-state index in [1.807, 2.05) is 49.5 Å². The Balaban J connectivity index is 2.15. The van der Waals surface area contributed by atoms with Gasteiger partial charge in [-0.15, -0.1) is 0 Å². The third kappa shape index (κ3) is 3.79. The fourth-order valence-electron chi connectivity index (χ4n) is 2.29. The minimum Gasteiger partial charge on any atom is -0.507 e. The Kier molecular flexibility index (Phi) is 5.42. The maximum atomic E-state index is 10.2. The molecular weight excluding hydrogens is 274 g/mol. The summed E-state index contributed by atoms with van der Waals surface area (Å²) in [6, 6.07) is 15.6. The maximum Gasteiger partial charge on any atom is 0.126 e. The minimum absolute atomic E-state index is 0.245. The molecule has 0 aliphatic rings. The molecule has 0 bridgehead atoms. The molecule has 0 radical (unpaired) electrons. The molecule has 0 fully saturated rings. The van der Waals surface area contributed by atoms with Crippen LogP contribution in [0.25, 0.3) is 0 Å². The van der Waals surface area contributed by atoms with E-state index in [-0.39, 0.29) is 5.75 Å². The number of phenolic OH excluding ortho intramolecular Hbond substituents is 1. The first kappa shape index (κ1) is 15.9. The fraction of sp³-hybridized carbons (Fsp3) is 0.278. The van der Waals surface area contributed by atoms with Crippen LogP contribution in [0.5, 0.6) is 5.75 Å². The second-order valence-electron chi connectivity index (χ2n) is 5.02. The zero-order chi connectivity index (χ0) is 15.9. The van der Waals surface area contributed by atoms with Crippen LogP contribution in [0.4, 0.5) is 11.4 Å². The Labute approximate surface area is 132 Å². The average molecular weight is 297 g/mol. The number of nitrogens with zero attached hydrogens (tertiary/aromatic N) is 3. The van der Waals surface area contributed by atoms with E-state index in [0.717, 1.165) is 24.5 Å². The summed E-state index contributed by atoms with van der Waals surface area (Å²) in [5.41, 5.74) is 2.73. The fourth-order valence-corrected chi connectivity index (χ4v) is 2.29. The van der Waals surface area contributed by atoms with E-state index >= 15 is 0 Å². The highest BCUT2D eigenvalue weighted by molar-refractivity contribution is 5.85. The molecule has 2 aromatic carbocycles. The summed E-state index contributed by atoms with van der Waals surface area (Å²) >= 11 is 0. The maximum absolute atomic E-state index is 10.2. The first-order valence-corrected chi connectivity index (χ1v) is 7.56. The van der Waals surface area contributed by atoms with E-state index in [1.165, 1.54) is 0 Å². The second-order valence-corrected chi connectivity index (χ2v) is 5.02. The van der Waals surface area contributed by atoms with Crippen LogP contribution in [-0.4, -0.2) is 31.5 Å². The number of aromatic hydroxyl groups is 1. The van der Waals surface area contributed by atoms with Gasteiger partial charge in [-0.3, -0.25) is 5.01 Å². The van der Waals surface area contributed by atoms with Crippen LogP contribution < -0.4 is 9.91 Å². The van der Waals surface area contributed by atoms with E-state index in [9.17, 15) is 5.11 Å². The molecule has 0 amide bonds. The highest BCUT2D eigenvalue weighted by Gasteiger charge is 2.06. The Morgan fingerprint density at radius 3 is 2.27 bits per heavy atom. The van der Waals surface area contributed by atoms with Crippen LogP contribution in [0.15, 0.2) is 53.6 Å². The molecule has 0 saturated carbocycles. The smallest absolute Gasteiger partial charge is 0.126 e. The van der Waals surface area contributed by atoms with Gasteiger partial charge < -0.3 is 10.0 Å². The van der Waals surface area contributed by atoms with Gasteiger partial charge in [0.25, 0.3) is 0 Å². The van der Waals surface area contributed by atoms with Crippen LogP contribution in [0, 0.1) is 0 Å². The Morgan fingerprint density at radius 1 is 1.00 bits per heavy atom. The Morgan fingerprint density at radius 2 is 1.68 bits per heavy atom. The number of phenols is 1. The van der Waals surface area contributed by atoms with Crippen LogP contribution >= 0.6 is 0 Å². The van der Waals surface area contributed by atoms with E-state index in [0.29, 0.717) is 5.56 Å². The molecule has 0 atom stereocenters. The van der Waals surface area contributed by atoms with Crippen molar-refractivity contribution >= 4 is 17.6 Å². The van der Waals surface area contributed by atoms with Crippen LogP contribution in [0.1, 0.15) is 19.4 Å². The first-order chi connectivity index (χ1) is 10.7. The van der Waals surface area contributed by atoms with Crippen LogP contribution in [-0.2, 0) is 0 Å². The van der Waals surface area contributed by atoms with Crippen molar-refractivity contribution < 1.29 is 5.11 Å². The molecule has 1 N–H and O–H groups in total. The molecule has 2 aromatic rings. The summed E-state index contributed by atoms with van der Waals surface area (Å²) in [6.45, 7) is 6.04. The van der Waals surface area contributed by atoms with E-state index in [4.69, 9.17) is 0 Å². The summed E-state index contributed by atoms with van der Waals surface area (Å²) < 4.78 is 0. The lowest BCUT2D eigenvalue weighted by Crippen LogP contribution is -2.21. The summed E-state index contributed by atoms with van der Waals surface area (Å²) in [5, 5.41) is 16.3. The zero-order valence-corrected chi connectivity index (χ0v) is 13.4. The number of hydrazone groups is 1. The van der Waals surface area contributed by atoms with Gasteiger partial charge in [0.05, 0.1) is 11.9 Å². The van der Waals surface area contributed by atoms with Gasteiger partial charge in [-0.2, -0.15) is 5.10 Å². The molecule has 22 heavy (non-hydrogen) atoms. The van der Waals surface area contributed by atoms with Crippen molar-refractivity contribution in [3.8, 4) is 5.75 Å². The Bertz CT molecular complexity index is 621. The number of hydrogen-bond donors (Lipinski definition) is 1. The molecule has 2 rings (SSSR count). The van der Waals surface area contributed by atoms with Crippen molar-refractivity contribution in [1.82, 2.24) is 0 Å². The average Bonchev–Trinajstić information content (AvgIpc) is 2.55. The molecule has 0 aliphatic heterocycles. The quantitative estimate of drug-likeness (QED) is 0.652. The number of hydrogen-bond acceptors (Lipinski definition) is 4. The topological polar surface area (TPSA) is 39.1 Å². The van der Waals surface area contributed by atoms with Crippen molar-refractivity contribution in [2.24, 2.45) is 5.10 Å². The Hall–Kier alpha value is -2.49. The van der Waals surface area contributed by atoms with E-state index in [2.05, 4.69) is 23.8 Å². The number of para-hydroxylation sites is 1. The molecule has 4 nitrogen and oxygen atoms in total. The zero-order valence-electron chi connectivity index (χ0n) is 13.4. The number of benzene rings is 2. The van der Waals surface area contributed by atoms with E-state index in [1.54, 1.807) is 17.3 Å². The second kappa shape index (κ2) is 7.50. The van der Waals surface area contributed by atoms with Crippen molar-refractivity contribution in [3.05, 3.63) is 54.1 Å². The molecule has 0 aliphatic carbocycles. The monoisotopic (exact) mass is 297 g/mol. The largest absolute Gasteiger partial charge is 0.507 e. The molecule has 0 spiro atoms. The van der Waals surface area contributed by atoms with Gasteiger partial charge in [-0.05, 0) is 38.1 Å². The van der Waals surface area contributed by atoms with Gasteiger partial charge in [0.2, 0.25) is 0 Å². The lowest BCUT2D eigenvalue weighted by atomic mass is 10.2. The SMILES string of the molecule is CCN(CC)c1ccc(/C=N/N(C)c2ccccc2)c(O)c1. The number of anilines is 2. The van der Waals surface area contributed by atoms with Gasteiger partial charge in [0.15, 0.2) is 0 Å². The third-order valence-corrected chi connectivity index (χ3v) is 3.64. The predicted molar refractivity (Wildman–Crippen MR) is 94.1 cm³/mol. The highest BCUT2D eigenvalue weighted by Crippen LogP contribution is 2.23. The third-order valence-electron chi connectivity index (χ3n) is 3.64. The van der Waals surface area contributed by atoms with Crippen LogP contribution in [0.2, 0.25) is 0 Å². The standard InChI is InChI=1S/C18H23N3O/c1-4-21(5-2)17-12-11-15(18(22)13-17)14-19-20(3)16-9-7-6-8-10-16/h6-14,22H,4-5H2,1-3H3/b19-14+. The van der Waals surface area contributed by atoms with Crippen LogP contribution in [0.3, 0.4) is 0 Å². The minimum atomic E-state index is 0.245. The van der Waals surface area contributed by atoms with Crippen molar-refractivity contribution in [2.45, 2.75) is 13.8 Å². The molecule has 0 unspecified atom stereocenters. The van der Waals surface area contributed by atoms with Gasteiger partial charge in [-0.25, -0.2) is 0 Å². The lowest BCUT2D eigenvalue weighted by molar-refractivity contribution is 0.474. The van der Waals surface area contributed by atoms with Crippen molar-refractivity contribution in [3.63, 3.8) is 0 Å². The molecular formula is C18H23N3O. The summed E-state index contributed by atoms with van der Waals surface area (Å²) in [6.07, 6.45) is 1.67. The normalized spacial score (nSPS) is 10.9. The van der Waals surface area contributed by atoms with Crippen molar-refractivity contribution in [1.29, 1.82) is 0 Å². The molecule has 4 heteroatoms. The van der Waals surface area contributed by atoms with Gasteiger partial charge in [0.1, 0.15) is 5.75 Å². The highest BCUT2D eigenvalue weighted by atomic mass is 16.3. The van der Waals surface area contributed by atoms with Gasteiger partial charge in [-0.1, -0.05) is 18.2 Å². The molecule has 0 heterocycles. The van der Waals surface area contributed by atoms with E-state index < -0.39 is 0 Å². The first-order valence-electron chi connectivity index (χ1n) is 7.56. The van der Waals surface area contributed by atoms with Gasteiger partial charge >= 0.3 is 0 Å².